The molecule has 1 aromatic carbocycles. The van der Waals surface area contributed by atoms with Crippen molar-refractivity contribution in [3.05, 3.63) is 51.2 Å². The summed E-state index contributed by atoms with van der Waals surface area (Å²) in [6.45, 7) is 6.08. The van der Waals surface area contributed by atoms with Gasteiger partial charge in [-0.3, -0.25) is 9.59 Å². The van der Waals surface area contributed by atoms with Crippen LogP contribution in [0, 0.1) is 24.7 Å². The average molecular weight is 459 g/mol. The van der Waals surface area contributed by atoms with Gasteiger partial charge in [0.1, 0.15) is 0 Å². The second kappa shape index (κ2) is 8.14. The van der Waals surface area contributed by atoms with Crippen molar-refractivity contribution in [1.82, 2.24) is 14.8 Å². The molecular formula is C27H30N4O3. The summed E-state index contributed by atoms with van der Waals surface area (Å²) in [6.07, 6.45) is 9.68. The molecule has 34 heavy (non-hydrogen) atoms. The van der Waals surface area contributed by atoms with Gasteiger partial charge in [-0.1, -0.05) is 19.8 Å². The first-order valence-electron chi connectivity index (χ1n) is 11.9. The molecule has 176 valence electrons. The standard InChI is InChI=1S/C27H30N4O3/c1-5-17-10-16-11-19(31-22-13-27(3,4)14-23(33)24(22)15(2)30-31)12-21(25(16)26(34)29-17)28-18-6-8-20(32)9-7-18/h1,10-12,18,20,28,32H,6-9,13-14H2,2-4H3,(H,29,34)/t18-,20-. The minimum absolute atomic E-state index is 0.126. The number of aryl methyl sites for hydroxylation is 1. The normalized spacial score (nSPS) is 21.8. The van der Waals surface area contributed by atoms with E-state index < -0.39 is 0 Å². The average Bonchev–Trinajstić information content (AvgIpc) is 3.09. The van der Waals surface area contributed by atoms with Gasteiger partial charge in [0.25, 0.3) is 5.56 Å². The number of hydrogen-bond donors (Lipinski definition) is 3. The lowest BCUT2D eigenvalue weighted by Gasteiger charge is -2.29. The number of pyridine rings is 1. The molecule has 1 saturated carbocycles. The number of rotatable bonds is 3. The first-order chi connectivity index (χ1) is 16.1. The van der Waals surface area contributed by atoms with Crippen molar-refractivity contribution in [2.24, 2.45) is 5.41 Å². The predicted molar refractivity (Wildman–Crippen MR) is 133 cm³/mol. The molecule has 3 aromatic rings. The first-order valence-corrected chi connectivity index (χ1v) is 11.9. The van der Waals surface area contributed by atoms with Crippen molar-refractivity contribution >= 4 is 22.2 Å². The van der Waals surface area contributed by atoms with Crippen LogP contribution in [0.4, 0.5) is 5.69 Å². The molecule has 2 aliphatic carbocycles. The number of aliphatic hydroxyl groups excluding tert-OH is 1. The number of fused-ring (bicyclic) bond motifs is 2. The van der Waals surface area contributed by atoms with E-state index in [1.165, 1.54) is 0 Å². The Labute approximate surface area is 198 Å². The summed E-state index contributed by atoms with van der Waals surface area (Å²) in [4.78, 5) is 28.7. The van der Waals surface area contributed by atoms with E-state index in [9.17, 15) is 14.7 Å². The van der Waals surface area contributed by atoms with Gasteiger partial charge < -0.3 is 15.4 Å². The molecule has 0 amide bonds. The molecule has 0 unspecified atom stereocenters. The first kappa shape index (κ1) is 22.4. The number of nitrogens with zero attached hydrogens (tertiary/aromatic N) is 2. The van der Waals surface area contributed by atoms with E-state index in [1.54, 1.807) is 6.07 Å². The van der Waals surface area contributed by atoms with E-state index in [4.69, 9.17) is 11.5 Å². The zero-order valence-electron chi connectivity index (χ0n) is 19.9. The smallest absolute Gasteiger partial charge is 0.258 e. The van der Waals surface area contributed by atoms with E-state index in [1.807, 2.05) is 23.7 Å². The van der Waals surface area contributed by atoms with Gasteiger partial charge in [0, 0.05) is 18.2 Å². The molecule has 2 aliphatic rings. The number of aromatic amines is 1. The SMILES string of the molecule is C#Cc1cc2cc(-n3nc(C)c4c3CC(C)(C)CC4=O)cc(N[C@H]3CC[C@H](O)CC3)c2c(=O)[nH]1. The van der Waals surface area contributed by atoms with Gasteiger partial charge in [-0.05, 0) is 68.0 Å². The van der Waals surface area contributed by atoms with Gasteiger partial charge in [0.05, 0.1) is 39.8 Å². The molecule has 2 heterocycles. The molecule has 7 heteroatoms. The Morgan fingerprint density at radius 2 is 1.91 bits per heavy atom. The minimum atomic E-state index is -0.262. The number of benzene rings is 1. The highest BCUT2D eigenvalue weighted by Crippen LogP contribution is 2.38. The maximum Gasteiger partial charge on any atom is 0.258 e. The third-order valence-corrected chi connectivity index (χ3v) is 7.11. The highest BCUT2D eigenvalue weighted by molar-refractivity contribution is 6.00. The Hall–Kier alpha value is -3.37. The fourth-order valence-electron chi connectivity index (χ4n) is 5.50. The van der Waals surface area contributed by atoms with Crippen LogP contribution in [0.3, 0.4) is 0 Å². The van der Waals surface area contributed by atoms with E-state index in [0.29, 0.717) is 28.8 Å². The summed E-state index contributed by atoms with van der Waals surface area (Å²) in [5.74, 6) is 2.65. The van der Waals surface area contributed by atoms with Gasteiger partial charge in [-0.15, -0.1) is 6.42 Å². The van der Waals surface area contributed by atoms with Crippen molar-refractivity contribution in [2.75, 3.05) is 5.32 Å². The van der Waals surface area contributed by atoms with Crippen molar-refractivity contribution in [2.45, 2.75) is 71.4 Å². The lowest BCUT2D eigenvalue weighted by atomic mass is 9.75. The number of nitrogens with one attached hydrogen (secondary N) is 2. The summed E-state index contributed by atoms with van der Waals surface area (Å²) in [7, 11) is 0. The summed E-state index contributed by atoms with van der Waals surface area (Å²) >= 11 is 0. The maximum atomic E-state index is 13.0. The summed E-state index contributed by atoms with van der Waals surface area (Å²) in [5, 5.41) is 19.5. The van der Waals surface area contributed by atoms with Crippen LogP contribution in [-0.4, -0.2) is 37.8 Å². The Morgan fingerprint density at radius 3 is 2.62 bits per heavy atom. The second-order valence-electron chi connectivity index (χ2n) is 10.5. The van der Waals surface area contributed by atoms with Crippen LogP contribution in [0.1, 0.15) is 73.4 Å². The second-order valence-corrected chi connectivity index (χ2v) is 10.5. The van der Waals surface area contributed by atoms with Crippen molar-refractivity contribution in [1.29, 1.82) is 0 Å². The Bertz CT molecular complexity index is 1400. The number of aromatic nitrogens is 3. The Morgan fingerprint density at radius 1 is 1.18 bits per heavy atom. The van der Waals surface area contributed by atoms with Gasteiger partial charge >= 0.3 is 0 Å². The topological polar surface area (TPSA) is 100 Å². The lowest BCUT2D eigenvalue weighted by molar-refractivity contribution is 0.0910. The van der Waals surface area contributed by atoms with E-state index in [-0.39, 0.29) is 28.9 Å². The van der Waals surface area contributed by atoms with E-state index in [2.05, 4.69) is 30.1 Å². The number of ketones is 1. The van der Waals surface area contributed by atoms with Crippen molar-refractivity contribution in [3.63, 3.8) is 0 Å². The zero-order chi connectivity index (χ0) is 24.2. The quantitative estimate of drug-likeness (QED) is 0.518. The van der Waals surface area contributed by atoms with Crippen LogP contribution < -0.4 is 10.9 Å². The molecular weight excluding hydrogens is 428 g/mol. The molecule has 1 fully saturated rings. The number of hydrogen-bond acceptors (Lipinski definition) is 5. The van der Waals surface area contributed by atoms with Crippen LogP contribution in [0.15, 0.2) is 23.0 Å². The molecule has 0 atom stereocenters. The highest BCUT2D eigenvalue weighted by Gasteiger charge is 2.36. The fraction of sp³-hybridized carbons (Fsp3) is 0.444. The van der Waals surface area contributed by atoms with Crippen LogP contribution >= 0.6 is 0 Å². The molecule has 0 radical (unpaired) electrons. The highest BCUT2D eigenvalue weighted by atomic mass is 16.3. The predicted octanol–water partition coefficient (Wildman–Crippen LogP) is 3.87. The summed E-state index contributed by atoms with van der Waals surface area (Å²) < 4.78 is 1.86. The molecule has 0 saturated heterocycles. The summed E-state index contributed by atoms with van der Waals surface area (Å²) in [6, 6.07) is 5.81. The molecule has 0 aliphatic heterocycles. The summed E-state index contributed by atoms with van der Waals surface area (Å²) in [5.41, 5.74) is 3.86. The molecule has 2 aromatic heterocycles. The fourth-order valence-corrected chi connectivity index (χ4v) is 5.50. The largest absolute Gasteiger partial charge is 0.393 e. The monoisotopic (exact) mass is 458 g/mol. The Kier molecular flexibility index (Phi) is 5.37. The number of terminal acetylenes is 1. The van der Waals surface area contributed by atoms with E-state index in [0.717, 1.165) is 54.6 Å². The van der Waals surface area contributed by atoms with Crippen LogP contribution in [0.25, 0.3) is 16.5 Å². The maximum absolute atomic E-state index is 13.0. The van der Waals surface area contributed by atoms with Gasteiger partial charge in [0.2, 0.25) is 0 Å². The van der Waals surface area contributed by atoms with Crippen molar-refractivity contribution in [3.8, 4) is 18.0 Å². The van der Waals surface area contributed by atoms with Crippen LogP contribution in [-0.2, 0) is 6.42 Å². The number of anilines is 1. The van der Waals surface area contributed by atoms with Crippen LogP contribution in [0.5, 0.6) is 0 Å². The number of carbonyl (C=O) groups is 1. The number of Topliss-reactive ketones (excluding diaryl/α,β-unsaturated/α-hetero) is 1. The third kappa shape index (κ3) is 3.92. The lowest BCUT2D eigenvalue weighted by Crippen LogP contribution is -2.29. The Balaban J connectivity index is 1.69. The van der Waals surface area contributed by atoms with Gasteiger partial charge in [-0.25, -0.2) is 4.68 Å². The number of aliphatic hydroxyl groups is 1. The zero-order valence-corrected chi connectivity index (χ0v) is 19.9. The number of H-pyrrole nitrogens is 1. The van der Waals surface area contributed by atoms with Gasteiger partial charge in [-0.2, -0.15) is 5.10 Å². The third-order valence-electron chi connectivity index (χ3n) is 7.11. The van der Waals surface area contributed by atoms with E-state index >= 15 is 0 Å². The van der Waals surface area contributed by atoms with Gasteiger partial charge in [0.15, 0.2) is 5.78 Å². The molecule has 0 bridgehead atoms. The van der Waals surface area contributed by atoms with Crippen molar-refractivity contribution < 1.29 is 9.90 Å². The molecule has 3 N–H and O–H groups in total. The molecule has 7 nitrogen and oxygen atoms in total. The minimum Gasteiger partial charge on any atom is -0.393 e. The molecule has 5 rings (SSSR count). The number of carbonyl (C=O) groups excluding carboxylic acids is 1. The molecule has 0 spiro atoms. The van der Waals surface area contributed by atoms with Crippen LogP contribution in [0.2, 0.25) is 0 Å².